The number of fused-ring (bicyclic) bond motifs is 10. The molecule has 10 rings (SSSR count). The third kappa shape index (κ3) is 4.07. The van der Waals surface area contributed by atoms with Crippen molar-refractivity contribution in [1.82, 2.24) is 0 Å². The summed E-state index contributed by atoms with van der Waals surface area (Å²) in [4.78, 5) is 2.30. The van der Waals surface area contributed by atoms with Gasteiger partial charge in [-0.05, 0) is 94.0 Å². The Morgan fingerprint density at radius 3 is 1.85 bits per heavy atom. The van der Waals surface area contributed by atoms with Crippen molar-refractivity contribution in [3.63, 3.8) is 0 Å². The normalized spacial score (nSPS) is 11.8. The highest BCUT2D eigenvalue weighted by Gasteiger charge is 2.20. The highest BCUT2D eigenvalue weighted by Crippen LogP contribution is 2.43. The van der Waals surface area contributed by atoms with E-state index in [-0.39, 0.29) is 0 Å². The molecular weight excluding hydrogens is 574 g/mol. The van der Waals surface area contributed by atoms with Crippen LogP contribution in [0.15, 0.2) is 173 Å². The van der Waals surface area contributed by atoms with Crippen LogP contribution in [-0.4, -0.2) is 0 Å². The lowest BCUT2D eigenvalue weighted by molar-refractivity contribution is 0.664. The second-order valence-electron chi connectivity index (χ2n) is 12.1. The molecule has 0 aliphatic heterocycles. The molecule has 0 N–H and O–H groups in total. The molecular formula is C44H27NO2. The minimum absolute atomic E-state index is 0.819. The largest absolute Gasteiger partial charge is 0.456 e. The lowest BCUT2D eigenvalue weighted by atomic mass is 10.0. The third-order valence-corrected chi connectivity index (χ3v) is 9.43. The van der Waals surface area contributed by atoms with Crippen LogP contribution in [-0.2, 0) is 0 Å². The van der Waals surface area contributed by atoms with E-state index in [2.05, 4.69) is 169 Å². The lowest BCUT2D eigenvalue weighted by Crippen LogP contribution is -2.09. The molecule has 10 aromatic rings. The molecule has 0 saturated heterocycles. The van der Waals surface area contributed by atoms with Crippen molar-refractivity contribution in [3.8, 4) is 11.1 Å². The van der Waals surface area contributed by atoms with Crippen LogP contribution < -0.4 is 4.90 Å². The molecule has 47 heavy (non-hydrogen) atoms. The molecule has 0 spiro atoms. The van der Waals surface area contributed by atoms with Gasteiger partial charge in [0, 0.05) is 38.6 Å². The first-order valence-electron chi connectivity index (χ1n) is 15.9. The maximum absolute atomic E-state index is 6.72. The topological polar surface area (TPSA) is 29.5 Å². The zero-order chi connectivity index (χ0) is 30.9. The molecule has 0 saturated carbocycles. The van der Waals surface area contributed by atoms with E-state index >= 15 is 0 Å². The predicted molar refractivity (Wildman–Crippen MR) is 196 cm³/mol. The summed E-state index contributed by atoms with van der Waals surface area (Å²) in [5.41, 5.74) is 9.01. The monoisotopic (exact) mass is 601 g/mol. The summed E-state index contributed by atoms with van der Waals surface area (Å²) in [5, 5.41) is 9.01. The number of benzene rings is 8. The standard InChI is InChI=1S/C44H27NO2/c1-2-11-33(12-3-1)45(34-19-16-29(17-20-34)32-15-14-28-8-4-5-10-31(28)26-32)35-21-24-40-39(27-35)42-41(46-40)25-23-38-37-22-18-30-9-6-7-13-36(30)43(37)47-44(38)42/h1-27H. The van der Waals surface area contributed by atoms with E-state index in [0.717, 1.165) is 66.3 Å². The molecule has 8 aromatic carbocycles. The molecule has 0 radical (unpaired) electrons. The Kier molecular flexibility index (Phi) is 5.57. The number of furan rings is 2. The number of nitrogens with zero attached hydrogens (tertiary/aromatic N) is 1. The second kappa shape index (κ2) is 10.1. The fraction of sp³-hybridized carbons (Fsp3) is 0. The first-order valence-corrected chi connectivity index (χ1v) is 15.9. The van der Waals surface area contributed by atoms with E-state index in [1.54, 1.807) is 0 Å². The van der Waals surface area contributed by atoms with Gasteiger partial charge < -0.3 is 13.7 Å². The van der Waals surface area contributed by atoms with Gasteiger partial charge in [0.05, 0.1) is 5.39 Å². The van der Waals surface area contributed by atoms with E-state index < -0.39 is 0 Å². The molecule has 0 bridgehead atoms. The number of hydrogen-bond donors (Lipinski definition) is 0. The molecule has 3 nitrogen and oxygen atoms in total. The zero-order valence-electron chi connectivity index (χ0n) is 25.4. The maximum Gasteiger partial charge on any atom is 0.147 e. The van der Waals surface area contributed by atoms with Gasteiger partial charge >= 0.3 is 0 Å². The fourth-order valence-electron chi connectivity index (χ4n) is 7.15. The van der Waals surface area contributed by atoms with Crippen LogP contribution in [0.2, 0.25) is 0 Å². The van der Waals surface area contributed by atoms with Gasteiger partial charge in [-0.1, -0.05) is 97.1 Å². The molecule has 0 unspecified atom stereocenters. The molecule has 0 aliphatic carbocycles. The van der Waals surface area contributed by atoms with Crippen molar-refractivity contribution in [2.45, 2.75) is 0 Å². The lowest BCUT2D eigenvalue weighted by Gasteiger charge is -2.25. The predicted octanol–water partition coefficient (Wildman–Crippen LogP) is 12.9. The summed E-state index contributed by atoms with van der Waals surface area (Å²) in [5.74, 6) is 0. The Labute approximate surface area is 270 Å². The van der Waals surface area contributed by atoms with Gasteiger partial charge in [0.25, 0.3) is 0 Å². The molecule has 0 amide bonds. The van der Waals surface area contributed by atoms with Crippen LogP contribution in [0.25, 0.3) is 76.5 Å². The summed E-state index contributed by atoms with van der Waals surface area (Å²) in [6.45, 7) is 0. The summed E-state index contributed by atoms with van der Waals surface area (Å²) >= 11 is 0. The van der Waals surface area contributed by atoms with Crippen molar-refractivity contribution in [2.24, 2.45) is 0 Å². The summed E-state index contributed by atoms with van der Waals surface area (Å²) in [6.07, 6.45) is 0. The summed E-state index contributed by atoms with van der Waals surface area (Å²) < 4.78 is 13.1. The third-order valence-electron chi connectivity index (χ3n) is 9.43. The number of anilines is 3. The molecule has 3 heteroatoms. The SMILES string of the molecule is c1ccc(N(c2ccc(-c3ccc4ccccc4c3)cc2)c2ccc3oc4ccc5c6ccc7ccccc7c6oc5c4c3c2)cc1. The van der Waals surface area contributed by atoms with Crippen LogP contribution in [0.3, 0.4) is 0 Å². The number of hydrogen-bond acceptors (Lipinski definition) is 3. The van der Waals surface area contributed by atoms with Crippen molar-refractivity contribution in [2.75, 3.05) is 4.90 Å². The van der Waals surface area contributed by atoms with Gasteiger partial charge in [-0.15, -0.1) is 0 Å². The smallest absolute Gasteiger partial charge is 0.147 e. The Morgan fingerprint density at radius 2 is 0.979 bits per heavy atom. The Hall–Kier alpha value is -6.32. The molecule has 0 fully saturated rings. The van der Waals surface area contributed by atoms with E-state index in [1.165, 1.54) is 27.3 Å². The Bertz CT molecular complexity index is 2790. The van der Waals surface area contributed by atoms with Gasteiger partial charge in [-0.25, -0.2) is 0 Å². The maximum atomic E-state index is 6.72. The fourth-order valence-corrected chi connectivity index (χ4v) is 7.15. The van der Waals surface area contributed by atoms with E-state index in [9.17, 15) is 0 Å². The van der Waals surface area contributed by atoms with Crippen molar-refractivity contribution >= 4 is 82.5 Å². The molecule has 0 aliphatic rings. The van der Waals surface area contributed by atoms with Crippen molar-refractivity contribution < 1.29 is 8.83 Å². The second-order valence-corrected chi connectivity index (χ2v) is 12.1. The van der Waals surface area contributed by atoms with Crippen LogP contribution in [0.4, 0.5) is 17.1 Å². The first-order chi connectivity index (χ1) is 23.3. The van der Waals surface area contributed by atoms with Crippen molar-refractivity contribution in [1.29, 1.82) is 0 Å². The summed E-state index contributed by atoms with van der Waals surface area (Å²) in [7, 11) is 0. The number of para-hydroxylation sites is 1. The van der Waals surface area contributed by atoms with Crippen LogP contribution >= 0.6 is 0 Å². The Morgan fingerprint density at radius 1 is 0.340 bits per heavy atom. The molecule has 220 valence electrons. The van der Waals surface area contributed by atoms with E-state index in [1.807, 2.05) is 0 Å². The van der Waals surface area contributed by atoms with E-state index in [4.69, 9.17) is 8.83 Å². The van der Waals surface area contributed by atoms with Crippen LogP contribution in [0, 0.1) is 0 Å². The van der Waals surface area contributed by atoms with E-state index in [0.29, 0.717) is 0 Å². The van der Waals surface area contributed by atoms with Gasteiger partial charge in [0.15, 0.2) is 0 Å². The minimum atomic E-state index is 0.819. The molecule has 2 heterocycles. The highest BCUT2D eigenvalue weighted by molar-refractivity contribution is 6.24. The minimum Gasteiger partial charge on any atom is -0.456 e. The van der Waals surface area contributed by atoms with Gasteiger partial charge in [0.2, 0.25) is 0 Å². The van der Waals surface area contributed by atoms with Crippen LogP contribution in [0.5, 0.6) is 0 Å². The number of rotatable bonds is 4. The average molecular weight is 602 g/mol. The highest BCUT2D eigenvalue weighted by atomic mass is 16.3. The quantitative estimate of drug-likeness (QED) is 0.201. The summed E-state index contributed by atoms with van der Waals surface area (Å²) in [6, 6.07) is 57.9. The van der Waals surface area contributed by atoms with Gasteiger partial charge in [0.1, 0.15) is 22.3 Å². The van der Waals surface area contributed by atoms with Crippen molar-refractivity contribution in [3.05, 3.63) is 164 Å². The Balaban J connectivity index is 1.14. The van der Waals surface area contributed by atoms with Crippen LogP contribution in [0.1, 0.15) is 0 Å². The first kappa shape index (κ1) is 26.0. The average Bonchev–Trinajstić information content (AvgIpc) is 3.71. The molecule has 0 atom stereocenters. The zero-order valence-corrected chi connectivity index (χ0v) is 25.4. The van der Waals surface area contributed by atoms with Gasteiger partial charge in [-0.2, -0.15) is 0 Å². The molecule has 2 aromatic heterocycles. The van der Waals surface area contributed by atoms with Gasteiger partial charge in [-0.3, -0.25) is 0 Å².